The Kier molecular flexibility index (Phi) is 6.95. The van der Waals surface area contributed by atoms with E-state index < -0.39 is 22.1 Å². The quantitative estimate of drug-likeness (QED) is 0.478. The molecule has 0 bridgehead atoms. The minimum atomic E-state index is -4.14. The van der Waals surface area contributed by atoms with Crippen molar-refractivity contribution in [1.29, 1.82) is 5.26 Å². The van der Waals surface area contributed by atoms with Gasteiger partial charge in [0.05, 0.1) is 22.8 Å². The molecule has 0 saturated heterocycles. The number of benzene rings is 3. The summed E-state index contributed by atoms with van der Waals surface area (Å²) >= 11 is 6.24. The number of carbonyl (C=O) groups is 1. The SMILES string of the molecule is C[C@H](C#N)OC(=O)c1ccc(Cl)c(S(=O)(=O)N(Cc2ccccc2)c2ccccc2)c1. The van der Waals surface area contributed by atoms with E-state index >= 15 is 0 Å². The molecular formula is C23H19ClN2O4S. The van der Waals surface area contributed by atoms with E-state index in [1.54, 1.807) is 36.4 Å². The van der Waals surface area contributed by atoms with Crippen LogP contribution in [0.15, 0.2) is 83.8 Å². The zero-order valence-corrected chi connectivity index (χ0v) is 18.2. The van der Waals surface area contributed by atoms with E-state index in [1.807, 2.05) is 30.3 Å². The van der Waals surface area contributed by atoms with Crippen LogP contribution in [0, 0.1) is 11.3 Å². The van der Waals surface area contributed by atoms with Gasteiger partial charge in [-0.25, -0.2) is 13.2 Å². The molecule has 0 radical (unpaired) electrons. The molecule has 0 N–H and O–H groups in total. The van der Waals surface area contributed by atoms with Crippen molar-refractivity contribution >= 4 is 33.3 Å². The number of hydrogen-bond acceptors (Lipinski definition) is 5. The van der Waals surface area contributed by atoms with Crippen LogP contribution >= 0.6 is 11.6 Å². The van der Waals surface area contributed by atoms with Crippen LogP contribution in [0.2, 0.25) is 5.02 Å². The van der Waals surface area contributed by atoms with E-state index in [9.17, 15) is 13.2 Å². The number of sulfonamides is 1. The highest BCUT2D eigenvalue weighted by Crippen LogP contribution is 2.31. The number of ether oxygens (including phenoxy) is 1. The Morgan fingerprint density at radius 3 is 2.29 bits per heavy atom. The first kappa shape index (κ1) is 22.3. The summed E-state index contributed by atoms with van der Waals surface area (Å²) in [5.41, 5.74) is 1.22. The van der Waals surface area contributed by atoms with Gasteiger partial charge in [-0.3, -0.25) is 4.31 Å². The number of nitriles is 1. The van der Waals surface area contributed by atoms with Crippen molar-refractivity contribution in [3.63, 3.8) is 0 Å². The molecule has 1 atom stereocenters. The summed E-state index contributed by atoms with van der Waals surface area (Å²) in [5.74, 6) is -0.809. The Balaban J connectivity index is 2.06. The van der Waals surface area contributed by atoms with E-state index in [0.717, 1.165) is 5.56 Å². The molecule has 0 unspecified atom stereocenters. The number of rotatable bonds is 7. The third-order valence-corrected chi connectivity index (χ3v) is 6.67. The summed E-state index contributed by atoms with van der Waals surface area (Å²) in [6.07, 6.45) is -0.970. The molecule has 0 fully saturated rings. The van der Waals surface area contributed by atoms with E-state index in [2.05, 4.69) is 0 Å². The van der Waals surface area contributed by atoms with Crippen LogP contribution < -0.4 is 4.31 Å². The standard InChI is InChI=1S/C23H19ClN2O4S/c1-17(15-25)30-23(27)19-12-13-21(24)22(14-19)31(28,29)26(20-10-6-3-7-11-20)16-18-8-4-2-5-9-18/h2-14,17H,16H2,1H3/t17-/m1/s1. The lowest BCUT2D eigenvalue weighted by atomic mass is 10.2. The molecule has 0 amide bonds. The van der Waals surface area contributed by atoms with Gasteiger partial charge >= 0.3 is 5.97 Å². The monoisotopic (exact) mass is 454 g/mol. The van der Waals surface area contributed by atoms with E-state index in [-0.39, 0.29) is 22.0 Å². The molecule has 6 nitrogen and oxygen atoms in total. The molecule has 0 aliphatic carbocycles. The van der Waals surface area contributed by atoms with Crippen LogP contribution in [-0.4, -0.2) is 20.5 Å². The van der Waals surface area contributed by atoms with Crippen molar-refractivity contribution in [2.45, 2.75) is 24.5 Å². The van der Waals surface area contributed by atoms with Crippen molar-refractivity contribution in [1.82, 2.24) is 0 Å². The van der Waals surface area contributed by atoms with Crippen molar-refractivity contribution in [3.8, 4) is 6.07 Å². The summed E-state index contributed by atoms with van der Waals surface area (Å²) < 4.78 is 33.5. The number of hydrogen-bond donors (Lipinski definition) is 0. The summed E-state index contributed by atoms with van der Waals surface area (Å²) in [5, 5.41) is 8.82. The van der Waals surface area contributed by atoms with E-state index in [0.29, 0.717) is 5.69 Å². The average Bonchev–Trinajstić information content (AvgIpc) is 2.78. The first-order chi connectivity index (χ1) is 14.8. The van der Waals surface area contributed by atoms with Crippen molar-refractivity contribution in [2.24, 2.45) is 0 Å². The third-order valence-electron chi connectivity index (χ3n) is 4.41. The Morgan fingerprint density at radius 2 is 1.68 bits per heavy atom. The van der Waals surface area contributed by atoms with Crippen molar-refractivity contribution < 1.29 is 17.9 Å². The fourth-order valence-electron chi connectivity index (χ4n) is 2.86. The maximum atomic E-state index is 13.6. The lowest BCUT2D eigenvalue weighted by molar-refractivity contribution is 0.0435. The molecule has 0 aromatic heterocycles. The molecule has 0 saturated carbocycles. The predicted octanol–water partition coefficient (Wildman–Crippen LogP) is 4.80. The number of para-hydroxylation sites is 1. The maximum absolute atomic E-state index is 13.6. The van der Waals surface area contributed by atoms with E-state index in [1.165, 1.54) is 29.4 Å². The van der Waals surface area contributed by atoms with Gasteiger partial charge in [-0.2, -0.15) is 5.26 Å². The lowest BCUT2D eigenvalue weighted by Crippen LogP contribution is -2.31. The van der Waals surface area contributed by atoms with Crippen molar-refractivity contribution in [3.05, 3.63) is 95.0 Å². The van der Waals surface area contributed by atoms with Gasteiger partial charge < -0.3 is 4.74 Å². The van der Waals surface area contributed by atoms with Gasteiger partial charge in [0.15, 0.2) is 6.10 Å². The Hall–Kier alpha value is -3.34. The molecule has 0 aliphatic heterocycles. The van der Waals surface area contributed by atoms with Crippen LogP contribution in [0.5, 0.6) is 0 Å². The normalized spacial score (nSPS) is 11.9. The fraction of sp³-hybridized carbons (Fsp3) is 0.130. The summed E-state index contributed by atoms with van der Waals surface area (Å²) in [6.45, 7) is 1.49. The fourth-order valence-corrected chi connectivity index (χ4v) is 4.82. The Morgan fingerprint density at radius 1 is 1.06 bits per heavy atom. The number of anilines is 1. The molecular weight excluding hydrogens is 436 g/mol. The molecule has 8 heteroatoms. The van der Waals surface area contributed by atoms with Gasteiger partial charge in [0.1, 0.15) is 11.0 Å². The van der Waals surface area contributed by atoms with Gasteiger partial charge in [-0.05, 0) is 42.8 Å². The number of carbonyl (C=O) groups excluding carboxylic acids is 1. The summed E-state index contributed by atoms with van der Waals surface area (Å²) in [4.78, 5) is 12.1. The topological polar surface area (TPSA) is 87.5 Å². The second-order valence-electron chi connectivity index (χ2n) is 6.65. The first-order valence-electron chi connectivity index (χ1n) is 9.35. The zero-order chi connectivity index (χ0) is 22.4. The smallest absolute Gasteiger partial charge is 0.339 e. The molecule has 3 aromatic rings. The third kappa shape index (κ3) is 5.23. The van der Waals surface area contributed by atoms with Gasteiger partial charge in [-0.15, -0.1) is 0 Å². The molecule has 0 aliphatic rings. The molecule has 3 aromatic carbocycles. The van der Waals surface area contributed by atoms with Crippen LogP contribution in [0.1, 0.15) is 22.8 Å². The van der Waals surface area contributed by atoms with Crippen LogP contribution in [0.4, 0.5) is 5.69 Å². The number of halogens is 1. The molecule has 158 valence electrons. The highest BCUT2D eigenvalue weighted by Gasteiger charge is 2.29. The van der Waals surface area contributed by atoms with Gasteiger partial charge in [0, 0.05) is 0 Å². The second kappa shape index (κ2) is 9.65. The minimum absolute atomic E-state index is 0.0159. The minimum Gasteiger partial charge on any atom is -0.444 e. The van der Waals surface area contributed by atoms with Gasteiger partial charge in [0.25, 0.3) is 10.0 Å². The maximum Gasteiger partial charge on any atom is 0.339 e. The summed E-state index contributed by atoms with van der Waals surface area (Å²) in [6, 6.07) is 23.4. The van der Waals surface area contributed by atoms with Crippen molar-refractivity contribution in [2.75, 3.05) is 4.31 Å². The second-order valence-corrected chi connectivity index (χ2v) is 8.89. The molecule has 31 heavy (non-hydrogen) atoms. The summed E-state index contributed by atoms with van der Waals surface area (Å²) in [7, 11) is -4.14. The number of esters is 1. The average molecular weight is 455 g/mol. The van der Waals surface area contributed by atoms with Crippen LogP contribution in [0.3, 0.4) is 0 Å². The van der Waals surface area contributed by atoms with Crippen LogP contribution in [0.25, 0.3) is 0 Å². The molecule has 0 spiro atoms. The van der Waals surface area contributed by atoms with E-state index in [4.69, 9.17) is 21.6 Å². The molecule has 0 heterocycles. The molecule has 3 rings (SSSR count). The lowest BCUT2D eigenvalue weighted by Gasteiger charge is -2.25. The van der Waals surface area contributed by atoms with Gasteiger partial charge in [0.2, 0.25) is 0 Å². The number of nitrogens with zero attached hydrogens (tertiary/aromatic N) is 2. The highest BCUT2D eigenvalue weighted by atomic mass is 35.5. The zero-order valence-electron chi connectivity index (χ0n) is 16.6. The Bertz CT molecular complexity index is 1210. The largest absolute Gasteiger partial charge is 0.444 e. The predicted molar refractivity (Wildman–Crippen MR) is 118 cm³/mol. The van der Waals surface area contributed by atoms with Gasteiger partial charge in [-0.1, -0.05) is 60.1 Å². The van der Waals surface area contributed by atoms with Crippen LogP contribution in [-0.2, 0) is 21.3 Å². The highest BCUT2D eigenvalue weighted by molar-refractivity contribution is 7.93. The first-order valence-corrected chi connectivity index (χ1v) is 11.2. The Labute approximate surface area is 186 Å².